The molecule has 1 heterocycles. The van der Waals surface area contributed by atoms with E-state index in [1.165, 1.54) is 18.0 Å². The largest absolute Gasteiger partial charge is 0.284 e. The van der Waals surface area contributed by atoms with Crippen LogP contribution in [0.1, 0.15) is 17.2 Å². The Morgan fingerprint density at radius 1 is 1.37 bits per heavy atom. The van der Waals surface area contributed by atoms with E-state index in [2.05, 4.69) is 30.8 Å². The van der Waals surface area contributed by atoms with Crippen molar-refractivity contribution in [1.82, 2.24) is 14.9 Å². The second kappa shape index (κ2) is 4.73. The minimum absolute atomic E-state index is 0.0616. The smallest absolute Gasteiger partial charge is 0.244 e. The third-order valence-corrected chi connectivity index (χ3v) is 5.49. The molecule has 3 rings (SSSR count). The second-order valence-corrected chi connectivity index (χ2v) is 7.34. The molecule has 0 saturated heterocycles. The molecule has 2 unspecified atom stereocenters. The fourth-order valence-electron chi connectivity index (χ4n) is 2.30. The first-order chi connectivity index (χ1) is 9.08. The van der Waals surface area contributed by atoms with Crippen molar-refractivity contribution in [3.63, 3.8) is 0 Å². The van der Waals surface area contributed by atoms with E-state index in [4.69, 9.17) is 0 Å². The molecule has 0 radical (unpaired) electrons. The zero-order valence-electron chi connectivity index (χ0n) is 9.88. The molecule has 2 N–H and O–H groups in total. The summed E-state index contributed by atoms with van der Waals surface area (Å²) in [6.45, 7) is 0. The fraction of sp³-hybridized carbons (Fsp3) is 0.250. The molecule has 0 spiro atoms. The number of nitrogens with one attached hydrogen (secondary N) is 2. The topological polar surface area (TPSA) is 74.8 Å². The second-order valence-electron chi connectivity index (χ2n) is 4.45. The summed E-state index contributed by atoms with van der Waals surface area (Å²) in [6, 6.07) is 7.61. The maximum Gasteiger partial charge on any atom is 0.244 e. The molecule has 2 aromatic rings. The van der Waals surface area contributed by atoms with Crippen molar-refractivity contribution in [3.8, 4) is 0 Å². The van der Waals surface area contributed by atoms with Crippen LogP contribution < -0.4 is 4.72 Å². The monoisotopic (exact) mass is 341 g/mol. The molecule has 0 fully saturated rings. The third-order valence-electron chi connectivity index (χ3n) is 3.23. The minimum atomic E-state index is -3.55. The number of rotatable bonds is 3. The number of fused-ring (bicyclic) bond motifs is 1. The van der Waals surface area contributed by atoms with E-state index in [9.17, 15) is 8.42 Å². The quantitative estimate of drug-likeness (QED) is 0.835. The number of alkyl halides is 1. The molecule has 1 aliphatic carbocycles. The van der Waals surface area contributed by atoms with Crippen molar-refractivity contribution in [2.75, 3.05) is 0 Å². The van der Waals surface area contributed by atoms with E-state index in [0.29, 0.717) is 0 Å². The van der Waals surface area contributed by atoms with Gasteiger partial charge >= 0.3 is 0 Å². The van der Waals surface area contributed by atoms with Crippen LogP contribution in [0.3, 0.4) is 0 Å². The first-order valence-electron chi connectivity index (χ1n) is 5.81. The van der Waals surface area contributed by atoms with Crippen LogP contribution in [0, 0.1) is 0 Å². The highest BCUT2D eigenvalue weighted by Gasteiger charge is 2.34. The zero-order valence-corrected chi connectivity index (χ0v) is 12.3. The molecule has 19 heavy (non-hydrogen) atoms. The van der Waals surface area contributed by atoms with Gasteiger partial charge in [0.2, 0.25) is 10.0 Å². The minimum Gasteiger partial charge on any atom is -0.284 e. The molecule has 0 amide bonds. The summed E-state index contributed by atoms with van der Waals surface area (Å²) in [5.41, 5.74) is 2.20. The summed E-state index contributed by atoms with van der Waals surface area (Å²) in [7, 11) is -3.55. The number of benzene rings is 1. The van der Waals surface area contributed by atoms with Crippen LogP contribution >= 0.6 is 15.9 Å². The number of hydrogen-bond donors (Lipinski definition) is 2. The van der Waals surface area contributed by atoms with E-state index in [-0.39, 0.29) is 15.8 Å². The maximum atomic E-state index is 12.2. The number of aromatic amines is 1. The summed E-state index contributed by atoms with van der Waals surface area (Å²) >= 11 is 3.55. The van der Waals surface area contributed by atoms with E-state index in [1.807, 2.05) is 24.3 Å². The third kappa shape index (κ3) is 2.33. The van der Waals surface area contributed by atoms with Crippen LogP contribution in [0.2, 0.25) is 0 Å². The van der Waals surface area contributed by atoms with Crippen LogP contribution in [0.25, 0.3) is 0 Å². The van der Waals surface area contributed by atoms with Gasteiger partial charge in [0.25, 0.3) is 0 Å². The molecular weight excluding hydrogens is 330 g/mol. The molecule has 7 heteroatoms. The Morgan fingerprint density at radius 2 is 2.16 bits per heavy atom. The average molecular weight is 342 g/mol. The van der Waals surface area contributed by atoms with Gasteiger partial charge in [0.15, 0.2) is 0 Å². The van der Waals surface area contributed by atoms with Gasteiger partial charge in [0.05, 0.1) is 12.2 Å². The molecule has 2 atom stereocenters. The molecular formula is C12H12BrN3O2S. The molecule has 5 nitrogen and oxygen atoms in total. The lowest BCUT2D eigenvalue weighted by Gasteiger charge is -2.17. The number of halogens is 1. The van der Waals surface area contributed by atoms with Gasteiger partial charge in [-0.1, -0.05) is 40.2 Å². The van der Waals surface area contributed by atoms with Gasteiger partial charge in [-0.15, -0.1) is 0 Å². The molecule has 0 aliphatic heterocycles. The number of hydrogen-bond acceptors (Lipinski definition) is 3. The average Bonchev–Trinajstić information content (AvgIpc) is 2.99. The van der Waals surface area contributed by atoms with Gasteiger partial charge < -0.3 is 0 Å². The molecule has 0 saturated carbocycles. The highest BCUT2D eigenvalue weighted by Crippen LogP contribution is 2.36. The van der Waals surface area contributed by atoms with Crippen LogP contribution in [0.4, 0.5) is 0 Å². The Morgan fingerprint density at radius 3 is 2.89 bits per heavy atom. The summed E-state index contributed by atoms with van der Waals surface area (Å²) in [4.78, 5) is 0.211. The predicted molar refractivity (Wildman–Crippen MR) is 74.5 cm³/mol. The number of aromatic nitrogens is 2. The highest BCUT2D eigenvalue weighted by molar-refractivity contribution is 9.09. The standard InChI is InChI=1S/C12H12BrN3O2S/c13-11-5-8-3-1-2-4-10(8)12(11)16-19(17,18)9-6-14-15-7-9/h1-4,6-7,11-12,16H,5H2,(H,14,15). The normalized spacial score (nSPS) is 22.4. The Labute approximate surface area is 119 Å². The lowest BCUT2D eigenvalue weighted by atomic mass is 10.1. The van der Waals surface area contributed by atoms with Crippen molar-refractivity contribution in [2.24, 2.45) is 0 Å². The van der Waals surface area contributed by atoms with Crippen LogP contribution in [-0.4, -0.2) is 23.4 Å². The van der Waals surface area contributed by atoms with Gasteiger partial charge in [-0.05, 0) is 17.5 Å². The van der Waals surface area contributed by atoms with Crippen molar-refractivity contribution < 1.29 is 8.42 Å². The van der Waals surface area contributed by atoms with E-state index in [0.717, 1.165) is 12.0 Å². The van der Waals surface area contributed by atoms with E-state index in [1.54, 1.807) is 0 Å². The van der Waals surface area contributed by atoms with Crippen LogP contribution in [0.5, 0.6) is 0 Å². The van der Waals surface area contributed by atoms with Gasteiger partial charge in [0, 0.05) is 11.0 Å². The summed E-state index contributed by atoms with van der Waals surface area (Å²) in [5, 5.41) is 6.18. The van der Waals surface area contributed by atoms with E-state index < -0.39 is 10.0 Å². The van der Waals surface area contributed by atoms with E-state index >= 15 is 0 Å². The maximum absolute atomic E-state index is 12.2. The Hall–Kier alpha value is -1.18. The SMILES string of the molecule is O=S(=O)(NC1c2ccccc2CC1Br)c1cn[nH]c1. The van der Waals surface area contributed by atoms with Crippen molar-refractivity contribution in [1.29, 1.82) is 0 Å². The Bertz CT molecular complexity index is 685. The lowest BCUT2D eigenvalue weighted by molar-refractivity contribution is 0.559. The number of H-pyrrole nitrogens is 1. The van der Waals surface area contributed by atoms with Gasteiger partial charge in [-0.2, -0.15) is 5.10 Å². The van der Waals surface area contributed by atoms with Crippen molar-refractivity contribution in [2.45, 2.75) is 22.2 Å². The molecule has 1 aromatic heterocycles. The number of sulfonamides is 1. The Balaban J connectivity index is 1.92. The number of nitrogens with zero attached hydrogens (tertiary/aromatic N) is 1. The van der Waals surface area contributed by atoms with Crippen LogP contribution in [-0.2, 0) is 16.4 Å². The lowest BCUT2D eigenvalue weighted by Crippen LogP contribution is -2.31. The summed E-state index contributed by atoms with van der Waals surface area (Å²) in [5.74, 6) is 0. The van der Waals surface area contributed by atoms with Gasteiger partial charge in [-0.25, -0.2) is 13.1 Å². The van der Waals surface area contributed by atoms with Crippen molar-refractivity contribution in [3.05, 3.63) is 47.8 Å². The summed E-state index contributed by atoms with van der Waals surface area (Å²) in [6.07, 6.45) is 3.48. The molecule has 100 valence electrons. The predicted octanol–water partition coefficient (Wildman–Crippen LogP) is 1.75. The fourth-order valence-corrected chi connectivity index (χ4v) is 4.41. The Kier molecular flexibility index (Phi) is 3.20. The van der Waals surface area contributed by atoms with Crippen LogP contribution in [0.15, 0.2) is 41.6 Å². The van der Waals surface area contributed by atoms with Crippen molar-refractivity contribution >= 4 is 26.0 Å². The zero-order chi connectivity index (χ0) is 13.5. The first-order valence-corrected chi connectivity index (χ1v) is 8.21. The van der Waals surface area contributed by atoms with Gasteiger partial charge in [0.1, 0.15) is 4.90 Å². The molecule has 1 aliphatic rings. The first kappa shape index (κ1) is 12.8. The molecule has 0 bridgehead atoms. The highest BCUT2D eigenvalue weighted by atomic mass is 79.9. The summed E-state index contributed by atoms with van der Waals surface area (Å²) < 4.78 is 27.2. The van der Waals surface area contributed by atoms with Gasteiger partial charge in [-0.3, -0.25) is 5.10 Å². The molecule has 1 aromatic carbocycles.